The zero-order valence-electron chi connectivity index (χ0n) is 20.2. The number of carbonyl (C=O) groups is 1. The van der Waals surface area contributed by atoms with Gasteiger partial charge in [-0.3, -0.25) is 4.79 Å². The molecule has 1 aliphatic carbocycles. The summed E-state index contributed by atoms with van der Waals surface area (Å²) in [6.45, 7) is 4.78. The third kappa shape index (κ3) is 4.51. The maximum absolute atomic E-state index is 13.3. The number of carbonyl (C=O) groups excluding carboxylic acids is 1. The summed E-state index contributed by atoms with van der Waals surface area (Å²) in [6, 6.07) is 23.3. The monoisotopic (exact) mass is 462 g/mol. The number of hydrogen-bond donors (Lipinski definition) is 0. The lowest BCUT2D eigenvalue weighted by Crippen LogP contribution is -2.32. The van der Waals surface area contributed by atoms with Gasteiger partial charge in [-0.25, -0.2) is 9.97 Å². The van der Waals surface area contributed by atoms with Crippen LogP contribution in [0, 0.1) is 6.92 Å². The van der Waals surface area contributed by atoms with Gasteiger partial charge in [0.25, 0.3) is 5.91 Å². The first kappa shape index (κ1) is 21.8. The summed E-state index contributed by atoms with van der Waals surface area (Å²) in [5.74, 6) is 1.16. The van der Waals surface area contributed by atoms with Gasteiger partial charge in [-0.05, 0) is 79.6 Å². The van der Waals surface area contributed by atoms with Crippen molar-refractivity contribution >= 4 is 22.6 Å². The van der Waals surface area contributed by atoms with E-state index in [1.807, 2.05) is 36.1 Å². The van der Waals surface area contributed by atoms with E-state index in [9.17, 15) is 4.79 Å². The number of aryl methyl sites for hydroxylation is 1. The molecule has 6 rings (SSSR count). The summed E-state index contributed by atoms with van der Waals surface area (Å²) < 4.78 is 0. The fourth-order valence-corrected chi connectivity index (χ4v) is 5.06. The zero-order valence-corrected chi connectivity index (χ0v) is 20.2. The van der Waals surface area contributed by atoms with Crippen LogP contribution in [-0.2, 0) is 6.54 Å². The average molecular weight is 463 g/mol. The lowest BCUT2D eigenvalue weighted by atomic mass is 10.0. The Morgan fingerprint density at radius 3 is 2.49 bits per heavy atom. The molecular formula is C30H30N4O. The van der Waals surface area contributed by atoms with Gasteiger partial charge in [-0.1, -0.05) is 42.0 Å². The van der Waals surface area contributed by atoms with Crippen molar-refractivity contribution in [1.82, 2.24) is 14.9 Å². The van der Waals surface area contributed by atoms with Crippen LogP contribution in [0.4, 0.5) is 5.82 Å². The van der Waals surface area contributed by atoms with E-state index in [0.717, 1.165) is 64.9 Å². The van der Waals surface area contributed by atoms with Crippen molar-refractivity contribution in [2.75, 3.05) is 18.0 Å². The molecule has 5 nitrogen and oxygen atoms in total. The predicted molar refractivity (Wildman–Crippen MR) is 140 cm³/mol. The fraction of sp³-hybridized carbons (Fsp3) is 0.300. The summed E-state index contributed by atoms with van der Waals surface area (Å²) in [4.78, 5) is 26.9. The second-order valence-electron chi connectivity index (χ2n) is 9.85. The largest absolute Gasteiger partial charge is 0.356 e. The van der Waals surface area contributed by atoms with Crippen molar-refractivity contribution in [2.24, 2.45) is 0 Å². The number of amides is 1. The molecule has 0 radical (unpaired) electrons. The molecule has 0 N–H and O–H groups in total. The van der Waals surface area contributed by atoms with Crippen LogP contribution in [0.25, 0.3) is 22.0 Å². The van der Waals surface area contributed by atoms with Crippen LogP contribution in [0.3, 0.4) is 0 Å². The highest BCUT2D eigenvalue weighted by Crippen LogP contribution is 2.33. The Morgan fingerprint density at radius 2 is 1.71 bits per heavy atom. The Kier molecular flexibility index (Phi) is 5.69. The number of anilines is 1. The second kappa shape index (κ2) is 9.14. The predicted octanol–water partition coefficient (Wildman–Crippen LogP) is 6.01. The minimum absolute atomic E-state index is 0.121. The summed E-state index contributed by atoms with van der Waals surface area (Å²) >= 11 is 0. The number of hydrogen-bond acceptors (Lipinski definition) is 4. The molecule has 35 heavy (non-hydrogen) atoms. The minimum Gasteiger partial charge on any atom is -0.356 e. The number of benzene rings is 3. The molecule has 2 aliphatic rings. The molecule has 176 valence electrons. The molecule has 0 bridgehead atoms. The summed E-state index contributed by atoms with van der Waals surface area (Å²) in [5.41, 5.74) is 6.37. The van der Waals surface area contributed by atoms with Gasteiger partial charge in [0.05, 0.1) is 5.52 Å². The van der Waals surface area contributed by atoms with E-state index in [4.69, 9.17) is 0 Å². The van der Waals surface area contributed by atoms with Crippen LogP contribution in [-0.4, -0.2) is 39.9 Å². The Balaban J connectivity index is 1.30. The molecule has 5 heteroatoms. The molecule has 2 fully saturated rings. The van der Waals surface area contributed by atoms with Gasteiger partial charge in [-0.2, -0.15) is 0 Å². The van der Waals surface area contributed by atoms with Crippen molar-refractivity contribution in [3.63, 3.8) is 0 Å². The van der Waals surface area contributed by atoms with Gasteiger partial charge >= 0.3 is 0 Å². The van der Waals surface area contributed by atoms with Gasteiger partial charge in [-0.15, -0.1) is 0 Å². The smallest absolute Gasteiger partial charge is 0.254 e. The highest BCUT2D eigenvalue weighted by molar-refractivity contribution is 5.95. The standard InChI is InChI=1S/C30H30N4O/c1-21-7-9-23(10-8-21)30(35)34(26-12-13-26)19-22-5-4-6-24(17-22)25-11-14-28-27(18-25)29(32-20-31-28)33-15-2-3-16-33/h4-11,14,17-18,20,26H,2-3,12-13,15-16,19H2,1H3. The van der Waals surface area contributed by atoms with E-state index in [1.54, 1.807) is 6.33 Å². The van der Waals surface area contributed by atoms with E-state index < -0.39 is 0 Å². The Hall–Kier alpha value is -3.73. The van der Waals surface area contributed by atoms with E-state index in [2.05, 4.69) is 57.3 Å². The maximum Gasteiger partial charge on any atom is 0.254 e. The van der Waals surface area contributed by atoms with Crippen LogP contribution >= 0.6 is 0 Å². The first-order valence-electron chi connectivity index (χ1n) is 12.6. The number of fused-ring (bicyclic) bond motifs is 1. The van der Waals surface area contributed by atoms with Gasteiger partial charge in [0.15, 0.2) is 0 Å². The van der Waals surface area contributed by atoms with E-state index >= 15 is 0 Å². The fourth-order valence-electron chi connectivity index (χ4n) is 5.06. The van der Waals surface area contributed by atoms with Gasteiger partial charge in [0.2, 0.25) is 0 Å². The molecule has 0 spiro atoms. The molecule has 4 aromatic rings. The quantitative estimate of drug-likeness (QED) is 0.352. The number of nitrogens with zero attached hydrogens (tertiary/aromatic N) is 4. The first-order chi connectivity index (χ1) is 17.2. The van der Waals surface area contributed by atoms with Crippen LogP contribution in [0.5, 0.6) is 0 Å². The molecule has 3 aromatic carbocycles. The van der Waals surface area contributed by atoms with Gasteiger partial charge < -0.3 is 9.80 Å². The third-order valence-electron chi connectivity index (χ3n) is 7.18. The lowest BCUT2D eigenvalue weighted by molar-refractivity contribution is 0.0730. The molecule has 0 atom stereocenters. The molecule has 1 amide bonds. The highest BCUT2D eigenvalue weighted by atomic mass is 16.2. The first-order valence-corrected chi connectivity index (χ1v) is 12.6. The van der Waals surface area contributed by atoms with Crippen molar-refractivity contribution in [3.05, 3.63) is 89.7 Å². The average Bonchev–Trinajstić information content (AvgIpc) is 3.59. The number of rotatable bonds is 6. The van der Waals surface area contributed by atoms with Crippen molar-refractivity contribution in [1.29, 1.82) is 0 Å². The zero-order chi connectivity index (χ0) is 23.8. The third-order valence-corrected chi connectivity index (χ3v) is 7.18. The van der Waals surface area contributed by atoms with Gasteiger partial charge in [0, 0.05) is 36.6 Å². The van der Waals surface area contributed by atoms with Crippen molar-refractivity contribution < 1.29 is 4.79 Å². The Labute approximate surface area is 206 Å². The molecule has 1 aliphatic heterocycles. The lowest BCUT2D eigenvalue weighted by Gasteiger charge is -2.23. The SMILES string of the molecule is Cc1ccc(C(=O)N(Cc2cccc(-c3ccc4ncnc(N5CCCC5)c4c3)c2)C2CC2)cc1. The van der Waals surface area contributed by atoms with E-state index in [-0.39, 0.29) is 5.91 Å². The topological polar surface area (TPSA) is 49.3 Å². The number of aromatic nitrogens is 2. The minimum atomic E-state index is 0.121. The van der Waals surface area contributed by atoms with Crippen LogP contribution in [0.1, 0.15) is 47.2 Å². The summed E-state index contributed by atoms with van der Waals surface area (Å²) in [7, 11) is 0. The molecular weight excluding hydrogens is 432 g/mol. The molecule has 1 saturated heterocycles. The molecule has 2 heterocycles. The normalized spacial score (nSPS) is 15.5. The summed E-state index contributed by atoms with van der Waals surface area (Å²) in [5, 5.41) is 1.10. The molecule has 0 unspecified atom stereocenters. The van der Waals surface area contributed by atoms with Crippen molar-refractivity contribution in [3.8, 4) is 11.1 Å². The maximum atomic E-state index is 13.3. The van der Waals surface area contributed by atoms with Crippen LogP contribution in [0.15, 0.2) is 73.1 Å². The van der Waals surface area contributed by atoms with Crippen molar-refractivity contribution in [2.45, 2.75) is 45.2 Å². The van der Waals surface area contributed by atoms with Crippen LogP contribution in [0.2, 0.25) is 0 Å². The Bertz CT molecular complexity index is 1370. The van der Waals surface area contributed by atoms with E-state index in [1.165, 1.54) is 18.4 Å². The Morgan fingerprint density at radius 1 is 0.943 bits per heavy atom. The van der Waals surface area contributed by atoms with Crippen LogP contribution < -0.4 is 4.90 Å². The highest BCUT2D eigenvalue weighted by Gasteiger charge is 2.33. The second-order valence-corrected chi connectivity index (χ2v) is 9.85. The van der Waals surface area contributed by atoms with Gasteiger partial charge in [0.1, 0.15) is 12.1 Å². The molecule has 1 aromatic heterocycles. The molecule has 1 saturated carbocycles. The summed E-state index contributed by atoms with van der Waals surface area (Å²) in [6.07, 6.45) is 6.27. The van der Waals surface area contributed by atoms with E-state index in [0.29, 0.717) is 12.6 Å².